The molecule has 1 amide bonds. The van der Waals surface area contributed by atoms with E-state index in [0.717, 1.165) is 27.2 Å². The number of hydrogen-bond donors (Lipinski definition) is 1. The molecule has 210 valence electrons. The summed E-state index contributed by atoms with van der Waals surface area (Å²) in [5.74, 6) is 5.16. The summed E-state index contributed by atoms with van der Waals surface area (Å²) in [4.78, 5) is 41.0. The van der Waals surface area contributed by atoms with Gasteiger partial charge in [-0.05, 0) is 89.8 Å². The molecule has 0 radical (unpaired) electrons. The third kappa shape index (κ3) is 15.7. The first-order chi connectivity index (χ1) is 17.6. The van der Waals surface area contributed by atoms with Crippen LogP contribution in [0.5, 0.6) is 0 Å². The lowest BCUT2D eigenvalue weighted by Gasteiger charge is -2.22. The number of carbonyl (C=O) groups is 3. The number of aryl methyl sites for hydroxylation is 1. The summed E-state index contributed by atoms with van der Waals surface area (Å²) < 4.78 is 11.7. The molecule has 0 unspecified atom stereocenters. The van der Waals surface area contributed by atoms with Gasteiger partial charge in [0, 0.05) is 17.7 Å². The van der Waals surface area contributed by atoms with Gasteiger partial charge in [0.2, 0.25) is 0 Å². The molecule has 0 spiro atoms. The van der Waals surface area contributed by atoms with Crippen molar-refractivity contribution in [1.29, 1.82) is 0 Å². The average Bonchev–Trinajstić information content (AvgIpc) is 3.17. The molecule has 1 heterocycles. The number of aromatic nitrogens is 1. The van der Waals surface area contributed by atoms with E-state index < -0.39 is 29.8 Å². The van der Waals surface area contributed by atoms with Crippen molar-refractivity contribution < 1.29 is 23.9 Å². The van der Waals surface area contributed by atoms with Crippen LogP contribution in [0.2, 0.25) is 0 Å². The van der Waals surface area contributed by atoms with E-state index in [0.29, 0.717) is 31.6 Å². The highest BCUT2D eigenvalue weighted by molar-refractivity contribution is 9.11. The molecular weight excluding hydrogens is 568 g/mol. The Balaban J connectivity index is 2.70. The first-order valence-corrected chi connectivity index (χ1v) is 14.5. The van der Waals surface area contributed by atoms with Crippen molar-refractivity contribution in [2.45, 2.75) is 105 Å². The van der Waals surface area contributed by atoms with E-state index in [1.54, 1.807) is 26.8 Å². The van der Waals surface area contributed by atoms with E-state index in [1.165, 1.54) is 18.3 Å². The van der Waals surface area contributed by atoms with Gasteiger partial charge in [0.15, 0.2) is 5.78 Å². The number of alkyl carbamates (subject to hydrolysis) is 1. The topological polar surface area (TPSA) is 94.6 Å². The van der Waals surface area contributed by atoms with E-state index >= 15 is 0 Å². The fraction of sp³-hybridized carbons (Fsp3) is 0.586. The van der Waals surface area contributed by atoms with Crippen molar-refractivity contribution in [3.63, 3.8) is 0 Å². The molecule has 0 aliphatic carbocycles. The second kappa shape index (κ2) is 16.5. The van der Waals surface area contributed by atoms with Crippen LogP contribution in [-0.4, -0.2) is 40.6 Å². The fourth-order valence-corrected chi connectivity index (χ4v) is 4.69. The number of esters is 1. The van der Waals surface area contributed by atoms with E-state index in [-0.39, 0.29) is 5.78 Å². The molecule has 7 nitrogen and oxygen atoms in total. The van der Waals surface area contributed by atoms with Gasteiger partial charge in [-0.1, -0.05) is 41.3 Å². The van der Waals surface area contributed by atoms with Crippen LogP contribution < -0.4 is 5.32 Å². The molecule has 1 aromatic rings. The van der Waals surface area contributed by atoms with Gasteiger partial charge in [-0.25, -0.2) is 14.6 Å². The molecule has 9 heteroatoms. The molecule has 0 aliphatic rings. The van der Waals surface area contributed by atoms with Crippen LogP contribution in [0.15, 0.2) is 27.6 Å². The van der Waals surface area contributed by atoms with E-state index in [1.807, 2.05) is 25.3 Å². The number of allylic oxidation sites excluding steroid dienone is 3. The number of ether oxygens (including phenoxy) is 2. The molecule has 0 bridgehead atoms. The number of hydrogen-bond acceptors (Lipinski definition) is 7. The molecule has 0 aromatic carbocycles. The molecule has 38 heavy (non-hydrogen) atoms. The summed E-state index contributed by atoms with van der Waals surface area (Å²) in [6.07, 6.45) is 5.64. The van der Waals surface area contributed by atoms with Gasteiger partial charge >= 0.3 is 12.1 Å². The third-order valence-corrected chi connectivity index (χ3v) is 6.16. The number of halogens is 1. The number of nitrogens with one attached hydrogen (secondary N) is 1. The number of nitrogens with zero attached hydrogens (tertiary/aromatic N) is 1. The summed E-state index contributed by atoms with van der Waals surface area (Å²) in [6.45, 7) is 14.9. The lowest BCUT2D eigenvalue weighted by Crippen LogP contribution is -2.42. The summed E-state index contributed by atoms with van der Waals surface area (Å²) in [6, 6.07) is -0.607. The molecule has 2 atom stereocenters. The first-order valence-electron chi connectivity index (χ1n) is 12.8. The van der Waals surface area contributed by atoms with Gasteiger partial charge in [-0.3, -0.25) is 4.79 Å². The van der Waals surface area contributed by atoms with Crippen molar-refractivity contribution in [2.75, 3.05) is 0 Å². The van der Waals surface area contributed by atoms with E-state index in [2.05, 4.69) is 51.9 Å². The highest BCUT2D eigenvalue weighted by Crippen LogP contribution is 2.18. The molecule has 1 aromatic heterocycles. The van der Waals surface area contributed by atoms with Crippen LogP contribution in [0.3, 0.4) is 0 Å². The minimum Gasteiger partial charge on any atom is -0.448 e. The smallest absolute Gasteiger partial charge is 0.408 e. The zero-order valence-corrected chi connectivity index (χ0v) is 26.2. The predicted molar refractivity (Wildman–Crippen MR) is 156 cm³/mol. The zero-order valence-electron chi connectivity index (χ0n) is 23.8. The van der Waals surface area contributed by atoms with Gasteiger partial charge in [-0.2, -0.15) is 0 Å². The van der Waals surface area contributed by atoms with Crippen molar-refractivity contribution in [3.05, 3.63) is 38.3 Å². The number of thiazole rings is 1. The minimum atomic E-state index is -0.632. The predicted octanol–water partition coefficient (Wildman–Crippen LogP) is 6.70. The number of ketones is 1. The SMILES string of the molecule is CC(=O)[C@@H](CCCc1csc(C[C@@H](/C=C(\C)Br)OC(=O)C#C/C=C(\C)CC(C)C)n1)NC(=O)OC(C)(C)C. The Hall–Kier alpha value is -2.44. The Bertz CT molecular complexity index is 1070. The van der Waals surface area contributed by atoms with Gasteiger partial charge in [0.05, 0.1) is 16.7 Å². The summed E-state index contributed by atoms with van der Waals surface area (Å²) in [5, 5.41) is 5.45. The Morgan fingerprint density at radius 1 is 1.21 bits per heavy atom. The van der Waals surface area contributed by atoms with Gasteiger partial charge < -0.3 is 14.8 Å². The van der Waals surface area contributed by atoms with E-state index in [4.69, 9.17) is 9.47 Å². The van der Waals surface area contributed by atoms with E-state index in [9.17, 15) is 14.4 Å². The number of Topliss-reactive ketones (excluding diaryl/α,β-unsaturated/α-hetero) is 1. The van der Waals surface area contributed by atoms with Crippen LogP contribution in [-0.2, 0) is 31.9 Å². The number of rotatable bonds is 12. The first kappa shape index (κ1) is 33.6. The summed E-state index contributed by atoms with van der Waals surface area (Å²) in [7, 11) is 0. The van der Waals surface area contributed by atoms with Crippen LogP contribution >= 0.6 is 27.3 Å². The lowest BCUT2D eigenvalue weighted by molar-refractivity contribution is -0.139. The van der Waals surface area contributed by atoms with Crippen molar-refractivity contribution >= 4 is 45.1 Å². The molecular formula is C29H41BrN2O5S. The monoisotopic (exact) mass is 608 g/mol. The minimum absolute atomic E-state index is 0.120. The van der Waals surface area contributed by atoms with Crippen LogP contribution in [0, 0.1) is 17.8 Å². The average molecular weight is 610 g/mol. The van der Waals surface area contributed by atoms with Crippen LogP contribution in [0.25, 0.3) is 0 Å². The molecule has 0 saturated carbocycles. The van der Waals surface area contributed by atoms with Crippen molar-refractivity contribution in [2.24, 2.45) is 5.92 Å². The highest BCUT2D eigenvalue weighted by Gasteiger charge is 2.22. The Morgan fingerprint density at radius 3 is 2.47 bits per heavy atom. The Morgan fingerprint density at radius 2 is 1.89 bits per heavy atom. The summed E-state index contributed by atoms with van der Waals surface area (Å²) in [5.41, 5.74) is 1.38. The molecule has 0 fully saturated rings. The Kier molecular flexibility index (Phi) is 14.6. The maximum Gasteiger partial charge on any atom is 0.408 e. The van der Waals surface area contributed by atoms with Crippen LogP contribution in [0.1, 0.15) is 85.4 Å². The maximum absolute atomic E-state index is 12.3. The largest absolute Gasteiger partial charge is 0.448 e. The fourth-order valence-electron chi connectivity index (χ4n) is 3.52. The second-order valence-electron chi connectivity index (χ2n) is 10.7. The maximum atomic E-state index is 12.3. The standard InChI is InChI=1S/C29H41BrN2O5S/c1-19(2)15-20(3)11-9-14-27(34)36-24(16-21(4)30)17-26-31-23(18-38-26)12-10-13-25(22(5)33)32-28(35)37-29(6,7)8/h11,16,18-19,24-25H,10,12-13,15,17H2,1-8H3,(H,32,35)/b20-11+,21-16+/t24-,25-/m1/s1. The summed E-state index contributed by atoms with van der Waals surface area (Å²) >= 11 is 4.90. The molecule has 0 saturated heterocycles. The second-order valence-corrected chi connectivity index (χ2v) is 12.9. The van der Waals surface area contributed by atoms with Gasteiger partial charge in [-0.15, -0.1) is 11.3 Å². The lowest BCUT2D eigenvalue weighted by atomic mass is 10.0. The molecule has 1 N–H and O–H groups in total. The van der Waals surface area contributed by atoms with Crippen LogP contribution in [0.4, 0.5) is 4.79 Å². The number of carbonyl (C=O) groups excluding carboxylic acids is 3. The highest BCUT2D eigenvalue weighted by atomic mass is 79.9. The van der Waals surface area contributed by atoms with Crippen molar-refractivity contribution in [3.8, 4) is 11.8 Å². The normalized spacial score (nSPS) is 13.8. The molecule has 0 aliphatic heterocycles. The van der Waals surface area contributed by atoms with Gasteiger partial charge in [0.1, 0.15) is 11.7 Å². The van der Waals surface area contributed by atoms with Crippen molar-refractivity contribution in [1.82, 2.24) is 10.3 Å². The molecule has 1 rings (SSSR count). The quantitative estimate of drug-likeness (QED) is 0.161. The number of amides is 1. The van der Waals surface area contributed by atoms with Gasteiger partial charge in [0.25, 0.3) is 0 Å². The Labute approximate surface area is 240 Å². The zero-order chi connectivity index (χ0) is 28.9. The third-order valence-electron chi connectivity index (χ3n) is 4.98.